The third kappa shape index (κ3) is 6.19. The van der Waals surface area contributed by atoms with Crippen LogP contribution in [0.15, 0.2) is 40.3 Å². The zero-order valence-corrected chi connectivity index (χ0v) is 15.1. The number of nitrogens with zero attached hydrogens (tertiary/aromatic N) is 1. The number of ketones is 1. The van der Waals surface area contributed by atoms with Crippen molar-refractivity contribution >= 4 is 29.1 Å². The minimum atomic E-state index is -0.198. The molecule has 0 fully saturated rings. The van der Waals surface area contributed by atoms with Crippen molar-refractivity contribution in [3.63, 3.8) is 0 Å². The van der Waals surface area contributed by atoms with Gasteiger partial charge in [-0.05, 0) is 37.1 Å². The van der Waals surface area contributed by atoms with Crippen LogP contribution in [0.3, 0.4) is 0 Å². The normalized spacial score (nSPS) is 10.5. The van der Waals surface area contributed by atoms with E-state index in [1.54, 1.807) is 24.3 Å². The molecule has 0 bridgehead atoms. The lowest BCUT2D eigenvalue weighted by molar-refractivity contribution is -0.114. The number of carbonyl (C=O) groups is 2. The van der Waals surface area contributed by atoms with Crippen LogP contribution < -0.4 is 10.9 Å². The summed E-state index contributed by atoms with van der Waals surface area (Å²) in [6.45, 7) is 3.51. The summed E-state index contributed by atoms with van der Waals surface area (Å²) >= 11 is 1.21. The molecule has 2 rings (SSSR count). The molecule has 0 radical (unpaired) electrons. The molecule has 25 heavy (non-hydrogen) atoms. The Balaban J connectivity index is 1.98. The van der Waals surface area contributed by atoms with E-state index in [4.69, 9.17) is 0 Å². The van der Waals surface area contributed by atoms with Crippen molar-refractivity contribution in [1.29, 1.82) is 0 Å². The average Bonchev–Trinajstić information content (AvgIpc) is 2.57. The van der Waals surface area contributed by atoms with E-state index in [0.29, 0.717) is 16.4 Å². The molecular formula is C18H21N3O3S. The second-order valence-electron chi connectivity index (χ2n) is 5.62. The highest BCUT2D eigenvalue weighted by molar-refractivity contribution is 7.99. The average molecular weight is 359 g/mol. The van der Waals surface area contributed by atoms with Crippen LogP contribution in [0.5, 0.6) is 0 Å². The molecule has 0 aliphatic heterocycles. The zero-order valence-electron chi connectivity index (χ0n) is 14.3. The molecule has 1 aromatic carbocycles. The first-order valence-electron chi connectivity index (χ1n) is 8.12. The monoisotopic (exact) mass is 359 g/mol. The van der Waals surface area contributed by atoms with E-state index in [2.05, 4.69) is 22.2 Å². The number of carbonyl (C=O) groups excluding carboxylic acids is 2. The van der Waals surface area contributed by atoms with Gasteiger partial charge in [-0.25, -0.2) is 4.98 Å². The van der Waals surface area contributed by atoms with E-state index in [1.165, 1.54) is 24.8 Å². The van der Waals surface area contributed by atoms with Crippen LogP contribution in [0.1, 0.15) is 42.7 Å². The van der Waals surface area contributed by atoms with Crippen molar-refractivity contribution in [1.82, 2.24) is 9.97 Å². The van der Waals surface area contributed by atoms with Crippen molar-refractivity contribution in [3.8, 4) is 0 Å². The number of aromatic amines is 1. The number of unbranched alkanes of at least 4 members (excludes halogenated alkanes) is 1. The third-order valence-electron chi connectivity index (χ3n) is 3.43. The number of Topliss-reactive ketones (excluding diaryl/α,β-unsaturated/α-hetero) is 1. The molecule has 1 aromatic heterocycles. The van der Waals surface area contributed by atoms with Crippen molar-refractivity contribution in [3.05, 3.63) is 51.9 Å². The smallest absolute Gasteiger partial charge is 0.251 e. The minimum absolute atomic E-state index is 0.0685. The third-order valence-corrected chi connectivity index (χ3v) is 4.30. The van der Waals surface area contributed by atoms with Crippen LogP contribution in [0.2, 0.25) is 0 Å². The maximum absolute atomic E-state index is 12.3. The van der Waals surface area contributed by atoms with E-state index in [9.17, 15) is 14.4 Å². The molecule has 0 unspecified atom stereocenters. The van der Waals surface area contributed by atoms with Gasteiger partial charge in [-0.15, -0.1) is 0 Å². The lowest BCUT2D eigenvalue weighted by Crippen LogP contribution is -2.11. The Kier molecular flexibility index (Phi) is 6.94. The molecule has 0 spiro atoms. The first-order chi connectivity index (χ1) is 12.0. The second kappa shape index (κ2) is 9.17. The van der Waals surface area contributed by atoms with Gasteiger partial charge in [0.25, 0.3) is 5.56 Å². The van der Waals surface area contributed by atoms with Crippen molar-refractivity contribution in [2.45, 2.75) is 38.3 Å². The van der Waals surface area contributed by atoms with Crippen LogP contribution in [-0.4, -0.2) is 27.4 Å². The van der Waals surface area contributed by atoms with Gasteiger partial charge in [0, 0.05) is 29.9 Å². The molecular weight excluding hydrogens is 338 g/mol. The van der Waals surface area contributed by atoms with Gasteiger partial charge in [0.2, 0.25) is 5.91 Å². The van der Waals surface area contributed by atoms with Gasteiger partial charge in [0.1, 0.15) is 0 Å². The molecule has 2 aromatic rings. The minimum Gasteiger partial charge on any atom is -0.326 e. The van der Waals surface area contributed by atoms with E-state index in [0.717, 1.165) is 25.0 Å². The first-order valence-corrected chi connectivity index (χ1v) is 9.10. The van der Waals surface area contributed by atoms with Gasteiger partial charge < -0.3 is 10.3 Å². The predicted octanol–water partition coefficient (Wildman–Crippen LogP) is 3.05. The molecule has 6 nitrogen and oxygen atoms in total. The quantitative estimate of drug-likeness (QED) is 0.429. The summed E-state index contributed by atoms with van der Waals surface area (Å²) in [4.78, 5) is 42.0. The lowest BCUT2D eigenvalue weighted by atomic mass is 10.1. The number of amides is 1. The summed E-state index contributed by atoms with van der Waals surface area (Å²) in [7, 11) is 0. The lowest BCUT2D eigenvalue weighted by Gasteiger charge is -2.05. The zero-order chi connectivity index (χ0) is 18.2. The fourth-order valence-corrected chi connectivity index (χ4v) is 2.99. The fourth-order valence-electron chi connectivity index (χ4n) is 2.20. The van der Waals surface area contributed by atoms with Gasteiger partial charge in [-0.2, -0.15) is 0 Å². The summed E-state index contributed by atoms with van der Waals surface area (Å²) in [5.74, 6) is -0.0479. The standard InChI is InChI=1S/C18H21N3O3S/c1-3-4-5-15-10-17(24)21-18(20-15)25-11-16(23)13-6-8-14(9-7-13)19-12(2)22/h6-10H,3-5,11H2,1-2H3,(H,19,22)(H,20,21,24). The van der Waals surface area contributed by atoms with Crippen molar-refractivity contribution < 1.29 is 9.59 Å². The summed E-state index contributed by atoms with van der Waals surface area (Å²) in [5, 5.41) is 3.11. The Morgan fingerprint density at radius 2 is 1.96 bits per heavy atom. The number of hydrogen-bond donors (Lipinski definition) is 2. The van der Waals surface area contributed by atoms with Crippen LogP contribution in [0.25, 0.3) is 0 Å². The molecule has 1 amide bonds. The van der Waals surface area contributed by atoms with E-state index < -0.39 is 0 Å². The molecule has 0 aliphatic rings. The number of hydrogen-bond acceptors (Lipinski definition) is 5. The second-order valence-corrected chi connectivity index (χ2v) is 6.58. The van der Waals surface area contributed by atoms with E-state index in [-0.39, 0.29) is 23.0 Å². The van der Waals surface area contributed by atoms with Crippen molar-refractivity contribution in [2.75, 3.05) is 11.1 Å². The van der Waals surface area contributed by atoms with Gasteiger partial charge in [-0.1, -0.05) is 25.1 Å². The van der Waals surface area contributed by atoms with Crippen LogP contribution in [0.4, 0.5) is 5.69 Å². The van der Waals surface area contributed by atoms with Gasteiger partial charge in [0.05, 0.1) is 5.75 Å². The topological polar surface area (TPSA) is 91.9 Å². The van der Waals surface area contributed by atoms with E-state index in [1.807, 2.05) is 0 Å². The Bertz CT molecular complexity index is 800. The van der Waals surface area contributed by atoms with E-state index >= 15 is 0 Å². The molecule has 1 heterocycles. The Hall–Kier alpha value is -2.41. The number of aryl methyl sites for hydroxylation is 1. The number of anilines is 1. The Labute approximate surface area is 150 Å². The summed E-state index contributed by atoms with van der Waals surface area (Å²) in [5.41, 5.74) is 1.74. The molecule has 132 valence electrons. The van der Waals surface area contributed by atoms with Gasteiger partial charge in [0.15, 0.2) is 10.9 Å². The molecule has 2 N–H and O–H groups in total. The van der Waals surface area contributed by atoms with Crippen LogP contribution in [0, 0.1) is 0 Å². The fraction of sp³-hybridized carbons (Fsp3) is 0.333. The SMILES string of the molecule is CCCCc1cc(=O)[nH]c(SCC(=O)c2ccc(NC(C)=O)cc2)n1. The number of H-pyrrole nitrogens is 1. The molecule has 0 saturated carbocycles. The molecule has 0 atom stereocenters. The number of benzene rings is 1. The molecule has 0 saturated heterocycles. The molecule has 7 heteroatoms. The number of rotatable bonds is 8. The number of thioether (sulfide) groups is 1. The van der Waals surface area contributed by atoms with Crippen LogP contribution >= 0.6 is 11.8 Å². The molecule has 0 aliphatic carbocycles. The highest BCUT2D eigenvalue weighted by atomic mass is 32.2. The summed E-state index contributed by atoms with van der Waals surface area (Å²) in [6.07, 6.45) is 2.76. The largest absolute Gasteiger partial charge is 0.326 e. The summed E-state index contributed by atoms with van der Waals surface area (Å²) in [6, 6.07) is 8.21. The Morgan fingerprint density at radius 1 is 1.24 bits per heavy atom. The highest BCUT2D eigenvalue weighted by Gasteiger charge is 2.09. The van der Waals surface area contributed by atoms with Crippen LogP contribution in [-0.2, 0) is 11.2 Å². The number of aromatic nitrogens is 2. The number of nitrogens with one attached hydrogen (secondary N) is 2. The predicted molar refractivity (Wildman–Crippen MR) is 99.3 cm³/mol. The van der Waals surface area contributed by atoms with Crippen molar-refractivity contribution in [2.24, 2.45) is 0 Å². The summed E-state index contributed by atoms with van der Waals surface area (Å²) < 4.78 is 0. The first kappa shape index (κ1) is 18.9. The maximum atomic E-state index is 12.3. The van der Waals surface area contributed by atoms with Gasteiger partial charge in [-0.3, -0.25) is 14.4 Å². The van der Waals surface area contributed by atoms with Gasteiger partial charge >= 0.3 is 0 Å². The highest BCUT2D eigenvalue weighted by Crippen LogP contribution is 2.16. The Morgan fingerprint density at radius 3 is 2.60 bits per heavy atom. The maximum Gasteiger partial charge on any atom is 0.251 e.